The maximum absolute atomic E-state index is 12.8. The SMILES string of the molecule is Nc1cnc(-c2cccnc2)c(C(F)(F)F)c1. The molecule has 3 nitrogen and oxygen atoms in total. The third-order valence-corrected chi connectivity index (χ3v) is 2.15. The zero-order valence-electron chi connectivity index (χ0n) is 8.57. The number of pyridine rings is 2. The van der Waals surface area contributed by atoms with Gasteiger partial charge in [-0.25, -0.2) is 0 Å². The first-order valence-electron chi connectivity index (χ1n) is 4.71. The molecule has 0 saturated heterocycles. The van der Waals surface area contributed by atoms with Crippen LogP contribution in [0.1, 0.15) is 5.56 Å². The fourth-order valence-corrected chi connectivity index (χ4v) is 1.43. The summed E-state index contributed by atoms with van der Waals surface area (Å²) in [7, 11) is 0. The number of nitrogen functional groups attached to an aromatic ring is 1. The van der Waals surface area contributed by atoms with Crippen molar-refractivity contribution in [1.82, 2.24) is 9.97 Å². The molecule has 0 atom stereocenters. The van der Waals surface area contributed by atoms with Gasteiger partial charge in [0.05, 0.1) is 23.1 Å². The van der Waals surface area contributed by atoms with E-state index in [0.717, 1.165) is 6.07 Å². The van der Waals surface area contributed by atoms with E-state index in [-0.39, 0.29) is 11.4 Å². The number of hydrogen-bond donors (Lipinski definition) is 1. The van der Waals surface area contributed by atoms with Gasteiger partial charge in [0.1, 0.15) is 0 Å². The third kappa shape index (κ3) is 2.35. The molecule has 0 bridgehead atoms. The molecule has 0 aliphatic rings. The Morgan fingerprint density at radius 2 is 1.94 bits per heavy atom. The molecule has 0 aliphatic carbocycles. The van der Waals surface area contributed by atoms with Gasteiger partial charge in [-0.05, 0) is 18.2 Å². The normalized spacial score (nSPS) is 11.5. The third-order valence-electron chi connectivity index (χ3n) is 2.15. The number of nitrogens with two attached hydrogens (primary N) is 1. The van der Waals surface area contributed by atoms with Crippen LogP contribution in [0.5, 0.6) is 0 Å². The average molecular weight is 239 g/mol. The monoisotopic (exact) mass is 239 g/mol. The summed E-state index contributed by atoms with van der Waals surface area (Å²) < 4.78 is 38.4. The lowest BCUT2D eigenvalue weighted by atomic mass is 10.1. The standard InChI is InChI=1S/C11H8F3N3/c12-11(13,14)9-4-8(15)6-17-10(9)7-2-1-3-16-5-7/h1-6H,15H2. The minimum atomic E-state index is -4.49. The summed E-state index contributed by atoms with van der Waals surface area (Å²) >= 11 is 0. The van der Waals surface area contributed by atoms with Crippen LogP contribution in [0.15, 0.2) is 36.8 Å². The van der Waals surface area contributed by atoms with Gasteiger partial charge in [0, 0.05) is 18.0 Å². The van der Waals surface area contributed by atoms with Crippen LogP contribution < -0.4 is 5.73 Å². The first-order valence-corrected chi connectivity index (χ1v) is 4.71. The molecule has 2 rings (SSSR count). The Hall–Kier alpha value is -2.11. The van der Waals surface area contributed by atoms with E-state index in [4.69, 9.17) is 5.73 Å². The number of anilines is 1. The lowest BCUT2D eigenvalue weighted by Gasteiger charge is -2.12. The van der Waals surface area contributed by atoms with Crippen LogP contribution in [-0.4, -0.2) is 9.97 Å². The van der Waals surface area contributed by atoms with E-state index in [1.165, 1.54) is 24.7 Å². The van der Waals surface area contributed by atoms with Crippen molar-refractivity contribution in [1.29, 1.82) is 0 Å². The molecule has 0 aliphatic heterocycles. The molecule has 6 heteroatoms. The lowest BCUT2D eigenvalue weighted by Crippen LogP contribution is -2.09. The van der Waals surface area contributed by atoms with E-state index in [9.17, 15) is 13.2 Å². The smallest absolute Gasteiger partial charge is 0.397 e. The average Bonchev–Trinajstić information content (AvgIpc) is 2.29. The van der Waals surface area contributed by atoms with Crippen molar-refractivity contribution in [3.8, 4) is 11.3 Å². The van der Waals surface area contributed by atoms with Gasteiger partial charge in [0.25, 0.3) is 0 Å². The molecule has 2 aromatic rings. The second-order valence-electron chi connectivity index (χ2n) is 3.40. The van der Waals surface area contributed by atoms with Gasteiger partial charge in [-0.1, -0.05) is 0 Å². The van der Waals surface area contributed by atoms with Gasteiger partial charge in [-0.15, -0.1) is 0 Å². The van der Waals surface area contributed by atoms with Gasteiger partial charge in [-0.2, -0.15) is 13.2 Å². The fourth-order valence-electron chi connectivity index (χ4n) is 1.43. The zero-order valence-corrected chi connectivity index (χ0v) is 8.57. The molecule has 17 heavy (non-hydrogen) atoms. The van der Waals surface area contributed by atoms with Crippen LogP contribution in [0.4, 0.5) is 18.9 Å². The van der Waals surface area contributed by atoms with Crippen molar-refractivity contribution in [2.75, 3.05) is 5.73 Å². The highest BCUT2D eigenvalue weighted by Crippen LogP contribution is 2.36. The first kappa shape index (κ1) is 11.4. The second kappa shape index (κ2) is 4.04. The van der Waals surface area contributed by atoms with Crippen molar-refractivity contribution in [2.24, 2.45) is 0 Å². The van der Waals surface area contributed by atoms with Crippen LogP contribution in [0.2, 0.25) is 0 Å². The number of hydrogen-bond acceptors (Lipinski definition) is 3. The Labute approximate surface area is 95.1 Å². The van der Waals surface area contributed by atoms with E-state index in [2.05, 4.69) is 9.97 Å². The number of halogens is 3. The van der Waals surface area contributed by atoms with Gasteiger partial charge >= 0.3 is 6.18 Å². The quantitative estimate of drug-likeness (QED) is 0.832. The number of rotatable bonds is 1. The van der Waals surface area contributed by atoms with Crippen molar-refractivity contribution in [3.05, 3.63) is 42.4 Å². The van der Waals surface area contributed by atoms with Crippen molar-refractivity contribution >= 4 is 5.69 Å². The molecule has 0 spiro atoms. The molecule has 2 heterocycles. The van der Waals surface area contributed by atoms with Crippen LogP contribution in [0, 0.1) is 0 Å². The lowest BCUT2D eigenvalue weighted by molar-refractivity contribution is -0.137. The second-order valence-corrected chi connectivity index (χ2v) is 3.40. The molecular formula is C11H8F3N3. The number of alkyl halides is 3. The molecular weight excluding hydrogens is 231 g/mol. The maximum atomic E-state index is 12.8. The molecule has 2 aromatic heterocycles. The zero-order chi connectivity index (χ0) is 12.5. The largest absolute Gasteiger partial charge is 0.418 e. The molecule has 0 saturated carbocycles. The summed E-state index contributed by atoms with van der Waals surface area (Å²) in [4.78, 5) is 7.50. The van der Waals surface area contributed by atoms with Gasteiger partial charge in [0.2, 0.25) is 0 Å². The molecule has 0 radical (unpaired) electrons. The molecule has 0 fully saturated rings. The maximum Gasteiger partial charge on any atom is 0.418 e. The Bertz CT molecular complexity index is 523. The summed E-state index contributed by atoms with van der Waals surface area (Å²) in [5.74, 6) is 0. The van der Waals surface area contributed by atoms with Crippen molar-refractivity contribution < 1.29 is 13.2 Å². The predicted molar refractivity (Wildman–Crippen MR) is 56.9 cm³/mol. The van der Waals surface area contributed by atoms with Crippen LogP contribution in [0.25, 0.3) is 11.3 Å². The summed E-state index contributed by atoms with van der Waals surface area (Å²) in [6, 6.07) is 3.93. The van der Waals surface area contributed by atoms with Crippen molar-refractivity contribution in [2.45, 2.75) is 6.18 Å². The van der Waals surface area contributed by atoms with Gasteiger partial charge in [0.15, 0.2) is 0 Å². The summed E-state index contributed by atoms with van der Waals surface area (Å²) in [5, 5.41) is 0. The Balaban J connectivity index is 2.63. The number of nitrogens with zero attached hydrogens (tertiary/aromatic N) is 2. The highest BCUT2D eigenvalue weighted by Gasteiger charge is 2.34. The van der Waals surface area contributed by atoms with Crippen LogP contribution in [0.3, 0.4) is 0 Å². The molecule has 88 valence electrons. The van der Waals surface area contributed by atoms with E-state index >= 15 is 0 Å². The van der Waals surface area contributed by atoms with Crippen LogP contribution in [-0.2, 0) is 6.18 Å². The van der Waals surface area contributed by atoms with E-state index < -0.39 is 11.7 Å². The number of aromatic nitrogens is 2. The Kier molecular flexibility index (Phi) is 2.71. The Morgan fingerprint density at radius 3 is 2.53 bits per heavy atom. The predicted octanol–water partition coefficient (Wildman–Crippen LogP) is 2.74. The summed E-state index contributed by atoms with van der Waals surface area (Å²) in [6.07, 6.45) is -0.493. The van der Waals surface area contributed by atoms with E-state index in [0.29, 0.717) is 5.56 Å². The van der Waals surface area contributed by atoms with E-state index in [1.807, 2.05) is 0 Å². The molecule has 0 amide bonds. The van der Waals surface area contributed by atoms with Crippen LogP contribution >= 0.6 is 0 Å². The topological polar surface area (TPSA) is 51.8 Å². The highest BCUT2D eigenvalue weighted by atomic mass is 19.4. The van der Waals surface area contributed by atoms with Gasteiger partial charge in [-0.3, -0.25) is 9.97 Å². The van der Waals surface area contributed by atoms with E-state index in [1.54, 1.807) is 6.07 Å². The Morgan fingerprint density at radius 1 is 1.18 bits per heavy atom. The summed E-state index contributed by atoms with van der Waals surface area (Å²) in [5.41, 5.74) is 4.58. The molecule has 0 aromatic carbocycles. The van der Waals surface area contributed by atoms with Gasteiger partial charge < -0.3 is 5.73 Å². The first-order chi connectivity index (χ1) is 7.98. The minimum absolute atomic E-state index is 0.0232. The van der Waals surface area contributed by atoms with Crippen molar-refractivity contribution in [3.63, 3.8) is 0 Å². The highest BCUT2D eigenvalue weighted by molar-refractivity contribution is 5.64. The molecule has 0 unspecified atom stereocenters. The summed E-state index contributed by atoms with van der Waals surface area (Å²) in [6.45, 7) is 0. The minimum Gasteiger partial charge on any atom is -0.397 e. The fraction of sp³-hybridized carbons (Fsp3) is 0.0909. The molecule has 2 N–H and O–H groups in total.